The maximum atomic E-state index is 12.1. The zero-order valence-corrected chi connectivity index (χ0v) is 24.7. The third kappa shape index (κ3) is 16.7. The maximum Gasteiger partial charge on any atom is 0.410 e. The van der Waals surface area contributed by atoms with Crippen LogP contribution >= 0.6 is 11.3 Å². The summed E-state index contributed by atoms with van der Waals surface area (Å²) in [5.74, 6) is 0. The molecule has 2 heterocycles. The molecule has 1 aliphatic rings. The normalized spacial score (nSPS) is 15.4. The van der Waals surface area contributed by atoms with Crippen LogP contribution in [0.5, 0.6) is 0 Å². The van der Waals surface area contributed by atoms with Crippen molar-refractivity contribution in [1.29, 1.82) is 0 Å². The number of thiazole rings is 1. The molecule has 1 aromatic rings. The highest BCUT2D eigenvalue weighted by molar-refractivity contribution is 7.07. The van der Waals surface area contributed by atoms with Crippen LogP contribution in [0.25, 0.3) is 0 Å². The average Bonchev–Trinajstić information content (AvgIpc) is 3.48. The Morgan fingerprint density at radius 2 is 1.51 bits per heavy atom. The highest BCUT2D eigenvalue weighted by Crippen LogP contribution is 2.15. The van der Waals surface area contributed by atoms with E-state index in [1.807, 2.05) is 4.90 Å². The van der Waals surface area contributed by atoms with E-state index in [9.17, 15) is 4.79 Å². The first-order valence-electron chi connectivity index (χ1n) is 14.2. The zero-order valence-electron chi connectivity index (χ0n) is 22.3. The number of amides is 1. The van der Waals surface area contributed by atoms with Gasteiger partial charge in [0.25, 0.3) is 0 Å². The molecule has 204 valence electrons. The Morgan fingerprint density at radius 3 is 2.11 bits per heavy atom. The Kier molecular flexibility index (Phi) is 20.8. The minimum Gasteiger partial charge on any atom is -1.00 e. The van der Waals surface area contributed by atoms with Crippen LogP contribution in [0.4, 0.5) is 4.79 Å². The molecule has 1 atom stereocenters. The van der Waals surface area contributed by atoms with E-state index < -0.39 is 0 Å². The van der Waals surface area contributed by atoms with Gasteiger partial charge in [-0.2, -0.15) is 4.57 Å². The van der Waals surface area contributed by atoms with E-state index >= 15 is 0 Å². The largest absolute Gasteiger partial charge is 1.00 e. The van der Waals surface area contributed by atoms with Gasteiger partial charge in [0.05, 0.1) is 18.5 Å². The van der Waals surface area contributed by atoms with Crippen LogP contribution in [-0.4, -0.2) is 43.4 Å². The lowest BCUT2D eigenvalue weighted by molar-refractivity contribution is -0.692. The van der Waals surface area contributed by atoms with Crippen molar-refractivity contribution in [1.82, 2.24) is 4.90 Å². The van der Waals surface area contributed by atoms with Crippen LogP contribution in [0.2, 0.25) is 0 Å². The van der Waals surface area contributed by atoms with Crippen LogP contribution in [0.15, 0.2) is 17.1 Å². The second-order valence-corrected chi connectivity index (χ2v) is 10.7. The quantitative estimate of drug-likeness (QED) is 0.142. The SMILES string of the molecule is CCCCCCCCCCCCCCCCOCC1CN(CCCCC[n+]2ccsc2)C(=O)O1.[Br-]. The van der Waals surface area contributed by atoms with Crippen molar-refractivity contribution in [3.05, 3.63) is 17.1 Å². The van der Waals surface area contributed by atoms with Crippen LogP contribution in [0, 0.1) is 0 Å². The van der Waals surface area contributed by atoms with Crippen LogP contribution in [0.1, 0.15) is 116 Å². The fourth-order valence-electron chi connectivity index (χ4n) is 4.62. The van der Waals surface area contributed by atoms with Gasteiger partial charge in [-0.25, -0.2) is 4.79 Å². The number of nitrogens with zero attached hydrogens (tertiary/aromatic N) is 2. The first-order valence-corrected chi connectivity index (χ1v) is 15.2. The van der Waals surface area contributed by atoms with Crippen molar-refractivity contribution in [2.45, 2.75) is 129 Å². The number of hydrogen-bond donors (Lipinski definition) is 0. The Hall–Kier alpha value is -0.660. The third-order valence-electron chi connectivity index (χ3n) is 6.77. The van der Waals surface area contributed by atoms with Crippen LogP contribution in [0.3, 0.4) is 0 Å². The maximum absolute atomic E-state index is 12.1. The van der Waals surface area contributed by atoms with Gasteiger partial charge in [-0.15, -0.1) is 0 Å². The molecule has 0 aliphatic carbocycles. The van der Waals surface area contributed by atoms with E-state index in [1.165, 1.54) is 83.5 Å². The predicted molar refractivity (Wildman–Crippen MR) is 141 cm³/mol. The fourth-order valence-corrected chi connectivity index (χ4v) is 5.25. The van der Waals surface area contributed by atoms with Crippen molar-refractivity contribution in [2.75, 3.05) is 26.3 Å². The fraction of sp³-hybridized carbons (Fsp3) is 0.857. The smallest absolute Gasteiger partial charge is 0.410 e. The number of aromatic nitrogens is 1. The lowest BCUT2D eigenvalue weighted by Gasteiger charge is -2.12. The van der Waals surface area contributed by atoms with Gasteiger partial charge in [0.1, 0.15) is 12.6 Å². The summed E-state index contributed by atoms with van der Waals surface area (Å²) in [7, 11) is 0. The van der Waals surface area contributed by atoms with Crippen molar-refractivity contribution in [3.8, 4) is 0 Å². The van der Waals surface area contributed by atoms with Gasteiger partial charge in [0.2, 0.25) is 5.51 Å². The van der Waals surface area contributed by atoms with Gasteiger partial charge >= 0.3 is 6.09 Å². The number of aryl methyl sites for hydroxylation is 1. The third-order valence-corrected chi connectivity index (χ3v) is 7.44. The zero-order chi connectivity index (χ0) is 24.1. The molecule has 0 radical (unpaired) electrons. The van der Waals surface area contributed by atoms with Crippen molar-refractivity contribution < 1.29 is 35.8 Å². The first-order chi connectivity index (χ1) is 16.8. The van der Waals surface area contributed by atoms with E-state index in [0.29, 0.717) is 13.2 Å². The van der Waals surface area contributed by atoms with E-state index in [4.69, 9.17) is 9.47 Å². The summed E-state index contributed by atoms with van der Waals surface area (Å²) >= 11 is 1.72. The number of rotatable bonds is 23. The summed E-state index contributed by atoms with van der Waals surface area (Å²) < 4.78 is 13.5. The summed E-state index contributed by atoms with van der Waals surface area (Å²) in [4.78, 5) is 13.9. The molecule has 1 aliphatic heterocycles. The lowest BCUT2D eigenvalue weighted by atomic mass is 10.0. The molecule has 2 rings (SSSR count). The van der Waals surface area contributed by atoms with Gasteiger partial charge < -0.3 is 31.4 Å². The first kappa shape index (κ1) is 32.4. The predicted octanol–water partition coefficient (Wildman–Crippen LogP) is 4.53. The molecule has 1 fully saturated rings. The van der Waals surface area contributed by atoms with Crippen LogP contribution < -0.4 is 21.5 Å². The molecule has 1 aromatic heterocycles. The summed E-state index contributed by atoms with van der Waals surface area (Å²) in [6.07, 6.45) is 24.3. The van der Waals surface area contributed by atoms with E-state index in [1.54, 1.807) is 11.3 Å². The molecular formula is C28H51BrN2O3S. The summed E-state index contributed by atoms with van der Waals surface area (Å²) in [6.45, 7) is 6.13. The van der Waals surface area contributed by atoms with Gasteiger partial charge in [0, 0.05) is 19.6 Å². The second kappa shape index (κ2) is 22.5. The molecule has 7 heteroatoms. The molecule has 0 bridgehead atoms. The van der Waals surface area contributed by atoms with Crippen LogP contribution in [-0.2, 0) is 16.0 Å². The highest BCUT2D eigenvalue weighted by atomic mass is 79.9. The number of hydrogen-bond acceptors (Lipinski definition) is 4. The number of halogens is 1. The minimum absolute atomic E-state index is 0. The molecular weight excluding hydrogens is 524 g/mol. The Morgan fingerprint density at radius 1 is 0.914 bits per heavy atom. The summed E-state index contributed by atoms with van der Waals surface area (Å²) in [5, 5.41) is 2.10. The average molecular weight is 576 g/mol. The molecule has 1 amide bonds. The highest BCUT2D eigenvalue weighted by Gasteiger charge is 2.30. The molecule has 1 unspecified atom stereocenters. The Labute approximate surface area is 229 Å². The summed E-state index contributed by atoms with van der Waals surface area (Å²) in [6, 6.07) is 0. The number of ether oxygens (including phenoxy) is 2. The number of carbonyl (C=O) groups excluding carboxylic acids is 1. The van der Waals surface area contributed by atoms with E-state index in [-0.39, 0.29) is 29.2 Å². The van der Waals surface area contributed by atoms with Crippen molar-refractivity contribution >= 4 is 17.4 Å². The molecule has 0 N–H and O–H groups in total. The summed E-state index contributed by atoms with van der Waals surface area (Å²) in [5.41, 5.74) is 2.14. The molecule has 1 saturated heterocycles. The molecule has 0 saturated carbocycles. The molecule has 5 nitrogen and oxygen atoms in total. The minimum atomic E-state index is -0.169. The van der Waals surface area contributed by atoms with Gasteiger partial charge in [-0.05, 0) is 19.3 Å². The monoisotopic (exact) mass is 574 g/mol. The standard InChI is InChI=1S/C28H51N2O3S.BrH/c1-2-3-4-5-6-7-8-9-10-11-12-13-14-18-22-32-25-27-24-30(28(31)33-27)20-17-15-16-19-29-21-23-34-26-29;/h21,23,26-27H,2-20,22,24-25H2,1H3;1H/q+1;/p-1. The Balaban J connectivity index is 0.00000612. The molecule has 35 heavy (non-hydrogen) atoms. The van der Waals surface area contributed by atoms with Gasteiger partial charge in [-0.3, -0.25) is 0 Å². The topological polar surface area (TPSA) is 42.7 Å². The van der Waals surface area contributed by atoms with Gasteiger partial charge in [0.15, 0.2) is 6.20 Å². The molecule has 0 aromatic carbocycles. The lowest BCUT2D eigenvalue weighted by Crippen LogP contribution is -3.00. The Bertz CT molecular complexity index is 603. The number of unbranched alkanes of at least 4 members (excludes halogenated alkanes) is 15. The number of cyclic esters (lactones) is 1. The van der Waals surface area contributed by atoms with E-state index in [0.717, 1.165) is 45.4 Å². The number of carbonyl (C=O) groups is 1. The van der Waals surface area contributed by atoms with Crippen molar-refractivity contribution in [3.63, 3.8) is 0 Å². The second-order valence-electron chi connectivity index (χ2n) is 9.95. The van der Waals surface area contributed by atoms with Gasteiger partial charge in [-0.1, -0.05) is 102 Å². The van der Waals surface area contributed by atoms with E-state index in [2.05, 4.69) is 28.6 Å². The molecule has 0 spiro atoms. The van der Waals surface area contributed by atoms with Crippen molar-refractivity contribution in [2.24, 2.45) is 0 Å².